The van der Waals surface area contributed by atoms with Crippen molar-refractivity contribution in [2.24, 2.45) is 0 Å². The fourth-order valence-electron chi connectivity index (χ4n) is 3.51. The Hall–Kier alpha value is -3.67. The number of hydrogen-bond acceptors (Lipinski definition) is 5. The topological polar surface area (TPSA) is 66.2 Å². The second-order valence-corrected chi connectivity index (χ2v) is 7.23. The zero-order chi connectivity index (χ0) is 21.5. The Kier molecular flexibility index (Phi) is 6.57. The number of imidazole rings is 1. The molecule has 6 heteroatoms. The number of aromatic nitrogens is 3. The molecule has 0 fully saturated rings. The first-order valence-corrected chi connectivity index (χ1v) is 10.4. The molecule has 158 valence electrons. The van der Waals surface area contributed by atoms with Gasteiger partial charge >= 0.3 is 5.97 Å². The third-order valence-corrected chi connectivity index (χ3v) is 5.08. The summed E-state index contributed by atoms with van der Waals surface area (Å²) in [7, 11) is 1.42. The molecule has 0 saturated carbocycles. The highest BCUT2D eigenvalue weighted by Gasteiger charge is 2.15. The van der Waals surface area contributed by atoms with Gasteiger partial charge in [0.1, 0.15) is 11.6 Å². The van der Waals surface area contributed by atoms with Gasteiger partial charge in [0.2, 0.25) is 0 Å². The molecule has 2 aromatic carbocycles. The van der Waals surface area contributed by atoms with Crippen molar-refractivity contribution in [2.75, 3.05) is 13.7 Å². The predicted molar refractivity (Wildman–Crippen MR) is 120 cm³/mol. The van der Waals surface area contributed by atoms with Gasteiger partial charge in [-0.05, 0) is 43.5 Å². The second kappa shape index (κ2) is 9.89. The van der Waals surface area contributed by atoms with Crippen LogP contribution in [0.5, 0.6) is 5.75 Å². The van der Waals surface area contributed by atoms with Crippen molar-refractivity contribution in [3.8, 4) is 22.8 Å². The van der Waals surface area contributed by atoms with E-state index in [4.69, 9.17) is 9.72 Å². The van der Waals surface area contributed by atoms with Crippen LogP contribution in [0.3, 0.4) is 0 Å². The van der Waals surface area contributed by atoms with Crippen molar-refractivity contribution in [1.29, 1.82) is 0 Å². The Balaban J connectivity index is 1.56. The Morgan fingerprint density at radius 3 is 2.65 bits per heavy atom. The molecule has 2 heterocycles. The Labute approximate surface area is 181 Å². The number of carbonyl (C=O) groups excluding carboxylic acids is 1. The summed E-state index contributed by atoms with van der Waals surface area (Å²) >= 11 is 0. The van der Waals surface area contributed by atoms with Crippen LogP contribution >= 0.6 is 0 Å². The summed E-state index contributed by atoms with van der Waals surface area (Å²) < 4.78 is 12.8. The first-order valence-electron chi connectivity index (χ1n) is 10.4. The van der Waals surface area contributed by atoms with Crippen LogP contribution in [0.25, 0.3) is 28.1 Å². The fraction of sp³-hybridized carbons (Fsp3) is 0.240. The zero-order valence-corrected chi connectivity index (χ0v) is 17.5. The van der Waals surface area contributed by atoms with E-state index < -0.39 is 0 Å². The third kappa shape index (κ3) is 4.91. The van der Waals surface area contributed by atoms with E-state index in [1.165, 1.54) is 7.11 Å². The van der Waals surface area contributed by atoms with Gasteiger partial charge in [-0.15, -0.1) is 0 Å². The van der Waals surface area contributed by atoms with Crippen LogP contribution in [0.2, 0.25) is 0 Å². The van der Waals surface area contributed by atoms with Gasteiger partial charge in [0.25, 0.3) is 0 Å². The van der Waals surface area contributed by atoms with Gasteiger partial charge in [0, 0.05) is 24.2 Å². The van der Waals surface area contributed by atoms with E-state index in [0.29, 0.717) is 13.0 Å². The molecule has 0 radical (unpaired) electrons. The molecular weight excluding hydrogens is 390 g/mol. The SMILES string of the molecule is COC(=O)CCCCCOc1ccc2nc(-c3ccccc3)n(-c3cccnc3)c2c1. The highest BCUT2D eigenvalue weighted by molar-refractivity contribution is 5.84. The molecule has 0 bridgehead atoms. The second-order valence-electron chi connectivity index (χ2n) is 7.23. The highest BCUT2D eigenvalue weighted by atomic mass is 16.5. The van der Waals surface area contributed by atoms with Crippen LogP contribution in [0.15, 0.2) is 73.1 Å². The number of fused-ring (bicyclic) bond motifs is 1. The highest BCUT2D eigenvalue weighted by Crippen LogP contribution is 2.30. The molecule has 0 amide bonds. The number of rotatable bonds is 9. The van der Waals surface area contributed by atoms with Gasteiger partial charge < -0.3 is 9.47 Å². The van der Waals surface area contributed by atoms with Crippen LogP contribution in [0.4, 0.5) is 0 Å². The lowest BCUT2D eigenvalue weighted by Crippen LogP contribution is -2.01. The monoisotopic (exact) mass is 415 g/mol. The maximum atomic E-state index is 11.2. The Morgan fingerprint density at radius 2 is 1.87 bits per heavy atom. The summed E-state index contributed by atoms with van der Waals surface area (Å²) in [4.78, 5) is 20.3. The molecular formula is C25H25N3O3. The molecule has 4 aromatic rings. The summed E-state index contributed by atoms with van der Waals surface area (Å²) in [5.74, 6) is 1.50. The molecule has 6 nitrogen and oxygen atoms in total. The maximum absolute atomic E-state index is 11.2. The maximum Gasteiger partial charge on any atom is 0.305 e. The molecule has 0 spiro atoms. The number of benzene rings is 2. The Morgan fingerprint density at radius 1 is 1.00 bits per heavy atom. The van der Waals surface area contributed by atoms with Crippen molar-refractivity contribution < 1.29 is 14.3 Å². The van der Waals surface area contributed by atoms with Crippen molar-refractivity contribution in [2.45, 2.75) is 25.7 Å². The molecule has 0 aliphatic heterocycles. The minimum Gasteiger partial charge on any atom is -0.494 e. The average Bonchev–Trinajstić information content (AvgIpc) is 3.21. The summed E-state index contributed by atoms with van der Waals surface area (Å²) in [6.45, 7) is 0.596. The van der Waals surface area contributed by atoms with Gasteiger partial charge in [-0.3, -0.25) is 14.3 Å². The number of methoxy groups -OCH3 is 1. The van der Waals surface area contributed by atoms with Crippen molar-refractivity contribution in [1.82, 2.24) is 14.5 Å². The molecule has 0 atom stereocenters. The van der Waals surface area contributed by atoms with E-state index in [2.05, 4.69) is 26.4 Å². The van der Waals surface area contributed by atoms with Gasteiger partial charge in [-0.2, -0.15) is 0 Å². The van der Waals surface area contributed by atoms with Crippen LogP contribution in [0, 0.1) is 0 Å². The van der Waals surface area contributed by atoms with Crippen molar-refractivity contribution in [3.63, 3.8) is 0 Å². The summed E-state index contributed by atoms with van der Waals surface area (Å²) in [5.41, 5.74) is 3.85. The minimum atomic E-state index is -0.163. The molecule has 0 unspecified atom stereocenters. The van der Waals surface area contributed by atoms with Gasteiger partial charge in [-0.1, -0.05) is 30.3 Å². The predicted octanol–water partition coefficient (Wildman–Crippen LogP) is 5.20. The van der Waals surface area contributed by atoms with Gasteiger partial charge in [0.15, 0.2) is 0 Å². The number of esters is 1. The van der Waals surface area contributed by atoms with E-state index in [9.17, 15) is 4.79 Å². The molecule has 2 aromatic heterocycles. The molecule has 0 aliphatic carbocycles. The number of pyridine rings is 1. The standard InChI is InChI=1S/C25H25N3O3/c1-30-24(29)12-6-3-7-16-31-21-13-14-22-23(17-21)28(20-11-8-15-26-18-20)25(27-22)19-9-4-2-5-10-19/h2,4-5,8-11,13-15,17-18H,3,6-7,12,16H2,1H3. The van der Waals surface area contributed by atoms with E-state index in [0.717, 1.165) is 53.1 Å². The molecule has 4 rings (SSSR count). The van der Waals surface area contributed by atoms with Crippen LogP contribution in [-0.4, -0.2) is 34.2 Å². The molecule has 0 N–H and O–H groups in total. The normalized spacial score (nSPS) is 10.9. The number of nitrogens with zero attached hydrogens (tertiary/aromatic N) is 3. The molecule has 0 saturated heterocycles. The number of ether oxygens (including phenoxy) is 2. The summed E-state index contributed by atoms with van der Waals surface area (Å²) in [5, 5.41) is 0. The Bertz CT molecular complexity index is 1140. The van der Waals surface area contributed by atoms with Crippen LogP contribution in [-0.2, 0) is 9.53 Å². The number of carbonyl (C=O) groups is 1. The van der Waals surface area contributed by atoms with E-state index in [1.54, 1.807) is 6.20 Å². The van der Waals surface area contributed by atoms with E-state index in [-0.39, 0.29) is 5.97 Å². The van der Waals surface area contributed by atoms with Crippen molar-refractivity contribution >= 4 is 17.0 Å². The number of hydrogen-bond donors (Lipinski definition) is 0. The summed E-state index contributed by atoms with van der Waals surface area (Å²) in [6, 6.07) is 20.0. The fourth-order valence-corrected chi connectivity index (χ4v) is 3.51. The quantitative estimate of drug-likeness (QED) is 0.278. The largest absolute Gasteiger partial charge is 0.494 e. The van der Waals surface area contributed by atoms with Crippen molar-refractivity contribution in [3.05, 3.63) is 73.1 Å². The molecule has 0 aliphatic rings. The smallest absolute Gasteiger partial charge is 0.305 e. The number of unbranched alkanes of at least 4 members (excludes halogenated alkanes) is 2. The first kappa shape index (κ1) is 20.6. The molecule has 31 heavy (non-hydrogen) atoms. The lowest BCUT2D eigenvalue weighted by atomic mass is 10.2. The third-order valence-electron chi connectivity index (χ3n) is 5.08. The van der Waals surface area contributed by atoms with Gasteiger partial charge in [0.05, 0.1) is 36.6 Å². The van der Waals surface area contributed by atoms with Crippen LogP contribution < -0.4 is 4.74 Å². The lowest BCUT2D eigenvalue weighted by molar-refractivity contribution is -0.140. The average molecular weight is 415 g/mol. The lowest BCUT2D eigenvalue weighted by Gasteiger charge is -2.10. The van der Waals surface area contributed by atoms with Gasteiger partial charge in [-0.25, -0.2) is 4.98 Å². The van der Waals surface area contributed by atoms with E-state index >= 15 is 0 Å². The zero-order valence-electron chi connectivity index (χ0n) is 17.5. The first-order chi connectivity index (χ1) is 15.3. The summed E-state index contributed by atoms with van der Waals surface area (Å²) in [6.07, 6.45) is 6.66. The van der Waals surface area contributed by atoms with E-state index in [1.807, 2.05) is 54.7 Å². The minimum absolute atomic E-state index is 0.163. The van der Waals surface area contributed by atoms with Crippen LogP contribution in [0.1, 0.15) is 25.7 Å².